The molecule has 0 fully saturated rings. The molecule has 1 aromatic heterocycles. The van der Waals surface area contributed by atoms with Crippen molar-refractivity contribution >= 4 is 17.9 Å². The zero-order valence-corrected chi connectivity index (χ0v) is 11.4. The minimum absolute atomic E-state index is 0.257. The molecule has 2 aromatic rings. The van der Waals surface area contributed by atoms with Crippen LogP contribution in [0.2, 0.25) is 0 Å². The molecule has 108 valence electrons. The van der Waals surface area contributed by atoms with E-state index in [-0.39, 0.29) is 17.6 Å². The van der Waals surface area contributed by atoms with Crippen LogP contribution < -0.4 is 5.32 Å². The number of furan rings is 1. The maximum absolute atomic E-state index is 11.7. The smallest absolute Gasteiger partial charge is 0.401 e. The van der Waals surface area contributed by atoms with Crippen molar-refractivity contribution in [2.24, 2.45) is 0 Å². The predicted molar refractivity (Wildman–Crippen MR) is 77.4 cm³/mol. The van der Waals surface area contributed by atoms with E-state index in [2.05, 4.69) is 5.32 Å². The van der Waals surface area contributed by atoms with Crippen LogP contribution in [0.5, 0.6) is 0 Å². The summed E-state index contributed by atoms with van der Waals surface area (Å²) in [5.41, 5.74) is 2.14. The first-order chi connectivity index (χ1) is 10.1. The minimum Gasteiger partial charge on any atom is -0.401 e. The van der Waals surface area contributed by atoms with Gasteiger partial charge in [-0.15, -0.1) is 0 Å². The number of amides is 1. The normalized spacial score (nSPS) is 10.7. The van der Waals surface area contributed by atoms with Crippen LogP contribution in [0.4, 0.5) is 5.88 Å². The summed E-state index contributed by atoms with van der Waals surface area (Å²) in [5, 5.41) is 13.2. The van der Waals surface area contributed by atoms with Crippen LogP contribution in [0.15, 0.2) is 46.9 Å². The Morgan fingerprint density at radius 1 is 1.33 bits per heavy atom. The molecule has 0 bridgehead atoms. The van der Waals surface area contributed by atoms with Crippen molar-refractivity contribution in [1.82, 2.24) is 5.32 Å². The van der Waals surface area contributed by atoms with Crippen LogP contribution in [0, 0.1) is 17.0 Å². The molecule has 0 atom stereocenters. The highest BCUT2D eigenvalue weighted by molar-refractivity contribution is 5.91. The number of rotatable bonds is 5. The summed E-state index contributed by atoms with van der Waals surface area (Å²) < 4.78 is 4.91. The van der Waals surface area contributed by atoms with Gasteiger partial charge in [-0.1, -0.05) is 24.3 Å². The number of aryl methyl sites for hydroxylation is 1. The second-order valence-corrected chi connectivity index (χ2v) is 4.41. The molecule has 6 nitrogen and oxygen atoms in total. The van der Waals surface area contributed by atoms with Crippen molar-refractivity contribution in [3.63, 3.8) is 0 Å². The van der Waals surface area contributed by atoms with Crippen LogP contribution >= 0.6 is 0 Å². The van der Waals surface area contributed by atoms with E-state index in [4.69, 9.17) is 4.42 Å². The van der Waals surface area contributed by atoms with Gasteiger partial charge in [0.2, 0.25) is 5.91 Å². The number of hydrogen-bond donors (Lipinski definition) is 1. The average Bonchev–Trinajstić information content (AvgIpc) is 2.93. The molecule has 6 heteroatoms. The van der Waals surface area contributed by atoms with Gasteiger partial charge in [-0.05, 0) is 30.2 Å². The van der Waals surface area contributed by atoms with Gasteiger partial charge < -0.3 is 9.73 Å². The van der Waals surface area contributed by atoms with Gasteiger partial charge in [0.05, 0.1) is 6.07 Å². The number of nitrogens with one attached hydrogen (secondary N) is 1. The third kappa shape index (κ3) is 4.04. The first-order valence-electron chi connectivity index (χ1n) is 6.31. The monoisotopic (exact) mass is 286 g/mol. The number of hydrogen-bond acceptors (Lipinski definition) is 4. The van der Waals surface area contributed by atoms with Crippen molar-refractivity contribution in [2.75, 3.05) is 0 Å². The Bertz CT molecular complexity index is 688. The van der Waals surface area contributed by atoms with Crippen molar-refractivity contribution < 1.29 is 14.1 Å². The van der Waals surface area contributed by atoms with Crippen LogP contribution in [-0.2, 0) is 11.3 Å². The van der Waals surface area contributed by atoms with E-state index in [0.717, 1.165) is 11.1 Å². The van der Waals surface area contributed by atoms with Gasteiger partial charge in [0.15, 0.2) is 0 Å². The number of nitrogens with zero attached hydrogens (tertiary/aromatic N) is 1. The molecule has 0 saturated carbocycles. The number of nitro groups is 1. The standard InChI is InChI=1S/C15H14N2O4/c1-11-4-2-3-5-12(11)10-16-14(18)8-6-13-7-9-15(21-13)17(19)20/h2-9H,10H2,1H3,(H,16,18)/b8-6+. The zero-order chi connectivity index (χ0) is 15.2. The molecule has 0 saturated heterocycles. The number of benzene rings is 1. The summed E-state index contributed by atoms with van der Waals surface area (Å²) in [7, 11) is 0. The van der Waals surface area contributed by atoms with Crippen molar-refractivity contribution in [1.29, 1.82) is 0 Å². The maximum atomic E-state index is 11.7. The van der Waals surface area contributed by atoms with Gasteiger partial charge in [-0.25, -0.2) is 0 Å². The molecular weight excluding hydrogens is 272 g/mol. The van der Waals surface area contributed by atoms with Crippen molar-refractivity contribution in [3.8, 4) is 0 Å². The van der Waals surface area contributed by atoms with Gasteiger partial charge in [0, 0.05) is 12.6 Å². The van der Waals surface area contributed by atoms with Crippen LogP contribution in [0.25, 0.3) is 6.08 Å². The second kappa shape index (κ2) is 6.51. The van der Waals surface area contributed by atoms with Crippen LogP contribution in [-0.4, -0.2) is 10.8 Å². The van der Waals surface area contributed by atoms with Gasteiger partial charge in [-0.3, -0.25) is 14.9 Å². The molecule has 1 N–H and O–H groups in total. The fraction of sp³-hybridized carbons (Fsp3) is 0.133. The lowest BCUT2D eigenvalue weighted by molar-refractivity contribution is -0.402. The molecule has 0 unspecified atom stereocenters. The average molecular weight is 286 g/mol. The molecule has 0 spiro atoms. The highest BCUT2D eigenvalue weighted by Gasteiger charge is 2.10. The topological polar surface area (TPSA) is 85.4 Å². The second-order valence-electron chi connectivity index (χ2n) is 4.41. The number of carbonyl (C=O) groups excluding carboxylic acids is 1. The SMILES string of the molecule is Cc1ccccc1CNC(=O)/C=C/c1ccc([N+](=O)[O-])o1. The van der Waals surface area contributed by atoms with Crippen molar-refractivity contribution in [3.05, 3.63) is 69.5 Å². The maximum Gasteiger partial charge on any atom is 0.433 e. The predicted octanol–water partition coefficient (Wildman–Crippen LogP) is 2.83. The lowest BCUT2D eigenvalue weighted by Gasteiger charge is -2.05. The molecule has 2 rings (SSSR count). The summed E-state index contributed by atoms with van der Waals surface area (Å²) in [6.45, 7) is 2.40. The molecule has 0 aliphatic carbocycles. The highest BCUT2D eigenvalue weighted by atomic mass is 16.6. The minimum atomic E-state index is -0.629. The number of carbonyl (C=O) groups is 1. The summed E-state index contributed by atoms with van der Waals surface area (Å²) in [6, 6.07) is 10.4. The molecule has 0 aliphatic heterocycles. The van der Waals surface area contributed by atoms with E-state index in [9.17, 15) is 14.9 Å². The summed E-state index contributed by atoms with van der Waals surface area (Å²) >= 11 is 0. The quantitative estimate of drug-likeness (QED) is 0.520. The molecule has 1 heterocycles. The fourth-order valence-electron chi connectivity index (χ4n) is 1.74. The zero-order valence-electron chi connectivity index (χ0n) is 11.4. The van der Waals surface area contributed by atoms with Gasteiger partial charge >= 0.3 is 5.88 Å². The summed E-state index contributed by atoms with van der Waals surface area (Å²) in [4.78, 5) is 21.5. The third-order valence-corrected chi connectivity index (χ3v) is 2.91. The van der Waals surface area contributed by atoms with E-state index < -0.39 is 4.92 Å². The third-order valence-electron chi connectivity index (χ3n) is 2.91. The van der Waals surface area contributed by atoms with Crippen LogP contribution in [0.3, 0.4) is 0 Å². The molecular formula is C15H14N2O4. The van der Waals surface area contributed by atoms with E-state index in [0.29, 0.717) is 6.54 Å². The van der Waals surface area contributed by atoms with Gasteiger partial charge in [-0.2, -0.15) is 0 Å². The first kappa shape index (κ1) is 14.5. The Morgan fingerprint density at radius 3 is 2.76 bits per heavy atom. The molecule has 1 amide bonds. The van der Waals surface area contributed by atoms with Crippen LogP contribution in [0.1, 0.15) is 16.9 Å². The molecule has 0 aliphatic rings. The van der Waals surface area contributed by atoms with Gasteiger partial charge in [0.25, 0.3) is 0 Å². The van der Waals surface area contributed by atoms with E-state index in [1.54, 1.807) is 0 Å². The van der Waals surface area contributed by atoms with E-state index >= 15 is 0 Å². The summed E-state index contributed by atoms with van der Waals surface area (Å²) in [5.74, 6) is -0.389. The molecule has 21 heavy (non-hydrogen) atoms. The molecule has 1 aromatic carbocycles. The Morgan fingerprint density at radius 2 is 2.10 bits per heavy atom. The Labute approximate surface area is 121 Å². The Balaban J connectivity index is 1.90. The van der Waals surface area contributed by atoms with E-state index in [1.165, 1.54) is 24.3 Å². The van der Waals surface area contributed by atoms with E-state index in [1.807, 2.05) is 31.2 Å². The Hall–Kier alpha value is -2.89. The lowest BCUT2D eigenvalue weighted by atomic mass is 10.1. The largest absolute Gasteiger partial charge is 0.433 e. The molecule has 0 radical (unpaired) electrons. The highest BCUT2D eigenvalue weighted by Crippen LogP contribution is 2.16. The summed E-state index contributed by atoms with van der Waals surface area (Å²) in [6.07, 6.45) is 2.67. The lowest BCUT2D eigenvalue weighted by Crippen LogP contribution is -2.20. The van der Waals surface area contributed by atoms with Gasteiger partial charge in [0.1, 0.15) is 10.7 Å². The first-order valence-corrected chi connectivity index (χ1v) is 6.31. The Kier molecular flexibility index (Phi) is 4.50. The van der Waals surface area contributed by atoms with Crippen molar-refractivity contribution in [2.45, 2.75) is 13.5 Å². The fourth-order valence-corrected chi connectivity index (χ4v) is 1.74.